The highest BCUT2D eigenvalue weighted by atomic mass is 35.5. The van der Waals surface area contributed by atoms with E-state index in [2.05, 4.69) is 27.2 Å². The standard InChI is InChI=1S/C27H28ClN7O2.C2HF3O2/c1-4-24(36)32-20-11-21(23(37-3)12-22(20)35(2)15-27(29)9-10-27)33-26-31-14-18(28)25(34-26)17-13-30-19-8-6-5-7-16(17)19;3-2(4,5)1(6)7/h4-8,11-14,30H,1,9-10,15,29H2,2-3H3,(H,32,36)(H,31,33,34);(H,6,7). The van der Waals surface area contributed by atoms with Gasteiger partial charge in [-0.15, -0.1) is 0 Å². The Balaban J connectivity index is 0.000000566. The van der Waals surface area contributed by atoms with E-state index in [9.17, 15) is 18.0 Å². The SMILES string of the molecule is C=CC(=O)Nc1cc(Nc2ncc(Cl)c(-c3c[nH]c4ccccc34)n2)c(OC)cc1N(C)CC1(N)CC1.O=C(O)C(F)(F)F. The second-order valence-electron chi connectivity index (χ2n) is 10.0. The molecule has 2 aromatic heterocycles. The molecule has 1 amide bonds. The molecule has 0 bridgehead atoms. The number of benzene rings is 2. The molecule has 0 aliphatic heterocycles. The average molecular weight is 632 g/mol. The third-order valence-electron chi connectivity index (χ3n) is 6.69. The maximum absolute atomic E-state index is 12.2. The molecule has 0 saturated heterocycles. The Morgan fingerprint density at radius 3 is 2.57 bits per heavy atom. The number of aromatic amines is 1. The summed E-state index contributed by atoms with van der Waals surface area (Å²) in [6.07, 6.45) is 1.51. The van der Waals surface area contributed by atoms with E-state index in [1.54, 1.807) is 19.4 Å². The number of H-pyrrole nitrogens is 1. The van der Waals surface area contributed by atoms with Crippen molar-refractivity contribution in [2.75, 3.05) is 36.2 Å². The van der Waals surface area contributed by atoms with Crippen molar-refractivity contribution in [3.8, 4) is 17.0 Å². The molecule has 2 aromatic carbocycles. The van der Waals surface area contributed by atoms with Gasteiger partial charge in [0.1, 0.15) is 5.75 Å². The summed E-state index contributed by atoms with van der Waals surface area (Å²) >= 11 is 6.50. The highest BCUT2D eigenvalue weighted by molar-refractivity contribution is 6.33. The molecule has 6 N–H and O–H groups in total. The van der Waals surface area contributed by atoms with Gasteiger partial charge in [-0.1, -0.05) is 36.4 Å². The third kappa shape index (κ3) is 7.57. The van der Waals surface area contributed by atoms with Crippen LogP contribution in [0.5, 0.6) is 5.75 Å². The normalized spacial score (nSPS) is 13.3. The number of aliphatic carboxylic acids is 1. The van der Waals surface area contributed by atoms with Crippen LogP contribution in [0.1, 0.15) is 12.8 Å². The number of carboxylic acids is 1. The van der Waals surface area contributed by atoms with Gasteiger partial charge in [0.2, 0.25) is 11.9 Å². The molecule has 11 nitrogen and oxygen atoms in total. The second-order valence-corrected chi connectivity index (χ2v) is 10.5. The first-order chi connectivity index (χ1) is 20.7. The number of methoxy groups -OCH3 is 1. The number of anilines is 4. The second kappa shape index (κ2) is 12.8. The van der Waals surface area contributed by atoms with E-state index in [0.717, 1.165) is 35.0 Å². The van der Waals surface area contributed by atoms with Crippen LogP contribution >= 0.6 is 11.6 Å². The highest BCUT2D eigenvalue weighted by Gasteiger charge is 2.40. The number of aromatic nitrogens is 3. The van der Waals surface area contributed by atoms with Gasteiger partial charge in [0, 0.05) is 47.9 Å². The molecule has 1 saturated carbocycles. The molecule has 44 heavy (non-hydrogen) atoms. The maximum Gasteiger partial charge on any atom is 0.490 e. The Bertz CT molecular complexity index is 1710. The molecule has 0 atom stereocenters. The smallest absolute Gasteiger partial charge is 0.490 e. The lowest BCUT2D eigenvalue weighted by Gasteiger charge is -2.27. The number of carbonyl (C=O) groups is 2. The Morgan fingerprint density at radius 1 is 1.27 bits per heavy atom. The summed E-state index contributed by atoms with van der Waals surface area (Å²) in [6.45, 7) is 4.21. The summed E-state index contributed by atoms with van der Waals surface area (Å²) in [7, 11) is 3.52. The van der Waals surface area contributed by atoms with Crippen molar-refractivity contribution in [2.45, 2.75) is 24.6 Å². The summed E-state index contributed by atoms with van der Waals surface area (Å²) in [6, 6.07) is 11.6. The molecule has 0 spiro atoms. The first-order valence-electron chi connectivity index (χ1n) is 13.1. The molecular weight excluding hydrogens is 603 g/mol. The number of nitrogens with zero attached hydrogens (tertiary/aromatic N) is 3. The van der Waals surface area contributed by atoms with Crippen LogP contribution < -0.4 is 26.0 Å². The zero-order chi connectivity index (χ0) is 32.2. The zero-order valence-electron chi connectivity index (χ0n) is 23.6. The monoisotopic (exact) mass is 631 g/mol. The van der Waals surface area contributed by atoms with Crippen LogP contribution in [0.2, 0.25) is 5.02 Å². The van der Waals surface area contributed by atoms with Gasteiger partial charge in [0.05, 0.1) is 41.1 Å². The highest BCUT2D eigenvalue weighted by Crippen LogP contribution is 2.41. The van der Waals surface area contributed by atoms with Crippen LogP contribution in [0.4, 0.5) is 36.2 Å². The molecule has 0 unspecified atom stereocenters. The number of halogens is 4. The van der Waals surface area contributed by atoms with E-state index in [0.29, 0.717) is 40.3 Å². The Morgan fingerprint density at radius 2 is 1.95 bits per heavy atom. The number of amides is 1. The van der Waals surface area contributed by atoms with Crippen LogP contribution in [0.3, 0.4) is 0 Å². The van der Waals surface area contributed by atoms with Gasteiger partial charge in [-0.25, -0.2) is 14.8 Å². The molecule has 5 rings (SSSR count). The van der Waals surface area contributed by atoms with Gasteiger partial charge >= 0.3 is 12.1 Å². The van der Waals surface area contributed by atoms with E-state index < -0.39 is 12.1 Å². The van der Waals surface area contributed by atoms with Crippen molar-refractivity contribution in [2.24, 2.45) is 5.73 Å². The van der Waals surface area contributed by atoms with Gasteiger partial charge < -0.3 is 36.1 Å². The van der Waals surface area contributed by atoms with E-state index >= 15 is 0 Å². The van der Waals surface area contributed by atoms with Crippen molar-refractivity contribution in [1.29, 1.82) is 0 Å². The van der Waals surface area contributed by atoms with Gasteiger partial charge in [0.15, 0.2) is 0 Å². The van der Waals surface area contributed by atoms with Crippen molar-refractivity contribution < 1.29 is 32.6 Å². The number of alkyl halides is 3. The predicted molar refractivity (Wildman–Crippen MR) is 163 cm³/mol. The van der Waals surface area contributed by atoms with Crippen molar-refractivity contribution in [3.05, 3.63) is 66.5 Å². The lowest BCUT2D eigenvalue weighted by molar-refractivity contribution is -0.192. The number of hydrogen-bond acceptors (Lipinski definition) is 8. The third-order valence-corrected chi connectivity index (χ3v) is 6.97. The summed E-state index contributed by atoms with van der Waals surface area (Å²) in [4.78, 5) is 35.5. The minimum absolute atomic E-state index is 0.214. The number of fused-ring (bicyclic) bond motifs is 1. The number of para-hydroxylation sites is 1. The Kier molecular flexibility index (Phi) is 9.35. The van der Waals surface area contributed by atoms with Crippen LogP contribution in [0, 0.1) is 0 Å². The number of rotatable bonds is 9. The number of nitrogens with two attached hydrogens (primary N) is 1. The zero-order valence-corrected chi connectivity index (χ0v) is 24.4. The van der Waals surface area contributed by atoms with Crippen LogP contribution in [-0.4, -0.2) is 64.4 Å². The average Bonchev–Trinajstić information content (AvgIpc) is 3.54. The molecule has 1 aliphatic carbocycles. The number of carboxylic acid groups (broad SMARTS) is 1. The fraction of sp³-hybridized carbons (Fsp3) is 0.241. The molecule has 0 radical (unpaired) electrons. The largest absolute Gasteiger partial charge is 0.494 e. The van der Waals surface area contributed by atoms with Gasteiger partial charge in [-0.05, 0) is 31.1 Å². The molecule has 15 heteroatoms. The molecule has 232 valence electrons. The number of carbonyl (C=O) groups excluding carboxylic acids is 1. The lowest BCUT2D eigenvalue weighted by atomic mass is 10.1. The minimum atomic E-state index is -5.08. The summed E-state index contributed by atoms with van der Waals surface area (Å²) in [5, 5.41) is 14.7. The number of ether oxygens (including phenoxy) is 1. The van der Waals surface area contributed by atoms with E-state index in [1.165, 1.54) is 6.08 Å². The van der Waals surface area contributed by atoms with E-state index in [4.69, 9.17) is 37.0 Å². The van der Waals surface area contributed by atoms with Crippen molar-refractivity contribution >= 4 is 57.4 Å². The summed E-state index contributed by atoms with van der Waals surface area (Å²) < 4.78 is 37.4. The topological polar surface area (TPSA) is 158 Å². The molecule has 1 aliphatic rings. The number of nitrogens with one attached hydrogen (secondary N) is 3. The predicted octanol–water partition coefficient (Wildman–Crippen LogP) is 5.72. The molecule has 4 aromatic rings. The van der Waals surface area contributed by atoms with Gasteiger partial charge in [-0.2, -0.15) is 13.2 Å². The molecular formula is C29H29ClF3N7O4. The van der Waals surface area contributed by atoms with E-state index in [1.807, 2.05) is 48.5 Å². The maximum atomic E-state index is 12.2. The van der Waals surface area contributed by atoms with Crippen LogP contribution in [0.25, 0.3) is 22.2 Å². The summed E-state index contributed by atoms with van der Waals surface area (Å²) in [5.74, 6) is -2.21. The minimum Gasteiger partial charge on any atom is -0.494 e. The van der Waals surface area contributed by atoms with Gasteiger partial charge in [0.25, 0.3) is 0 Å². The Labute approximate surface area is 254 Å². The van der Waals surface area contributed by atoms with Crippen LogP contribution in [0.15, 0.2) is 61.4 Å². The van der Waals surface area contributed by atoms with Crippen molar-refractivity contribution in [3.63, 3.8) is 0 Å². The lowest BCUT2D eigenvalue weighted by Crippen LogP contribution is -2.37. The molecule has 2 heterocycles. The van der Waals surface area contributed by atoms with E-state index in [-0.39, 0.29) is 11.4 Å². The fourth-order valence-electron chi connectivity index (χ4n) is 4.32. The van der Waals surface area contributed by atoms with Crippen LogP contribution in [-0.2, 0) is 9.59 Å². The quantitative estimate of drug-likeness (QED) is 0.146. The number of likely N-dealkylation sites (N-methyl/N-ethyl adjacent to an activating group) is 1. The number of hydrogen-bond donors (Lipinski definition) is 5. The van der Waals surface area contributed by atoms with Gasteiger partial charge in [-0.3, -0.25) is 4.79 Å². The first-order valence-corrected chi connectivity index (χ1v) is 13.4. The first kappa shape index (κ1) is 32.1. The molecule has 1 fully saturated rings. The van der Waals surface area contributed by atoms with Crippen molar-refractivity contribution in [1.82, 2.24) is 15.0 Å². The fourth-order valence-corrected chi connectivity index (χ4v) is 4.51. The summed E-state index contributed by atoms with van der Waals surface area (Å²) in [5.41, 5.74) is 10.5. The Hall–Kier alpha value is -4.82.